The van der Waals surface area contributed by atoms with Gasteiger partial charge in [-0.3, -0.25) is 9.59 Å². The number of amides is 1. The zero-order valence-electron chi connectivity index (χ0n) is 11.1. The minimum Gasteiger partial charge on any atom is -0.480 e. The Labute approximate surface area is 117 Å². The van der Waals surface area contributed by atoms with Gasteiger partial charge in [0.15, 0.2) is 0 Å². The quantitative estimate of drug-likeness (QED) is 0.926. The molecule has 1 amide bonds. The van der Waals surface area contributed by atoms with E-state index in [0.29, 0.717) is 4.88 Å². The number of hydrogen-bond donors (Lipinski definition) is 1. The van der Waals surface area contributed by atoms with Crippen molar-refractivity contribution < 1.29 is 14.7 Å². The van der Waals surface area contributed by atoms with Crippen LogP contribution in [-0.4, -0.2) is 35.5 Å². The van der Waals surface area contributed by atoms with Crippen LogP contribution < -0.4 is 0 Å². The Hall–Kier alpha value is -1.36. The molecule has 0 aromatic carbocycles. The molecule has 1 heterocycles. The van der Waals surface area contributed by atoms with Gasteiger partial charge in [0.25, 0.3) is 5.91 Å². The number of carboxylic acid groups (broad SMARTS) is 1. The largest absolute Gasteiger partial charge is 0.480 e. The summed E-state index contributed by atoms with van der Waals surface area (Å²) in [5, 5.41) is 8.73. The molecule has 0 radical (unpaired) electrons. The van der Waals surface area contributed by atoms with Crippen LogP contribution in [0.25, 0.3) is 0 Å². The standard InChI is InChI=1S/C14H19NO3S/c1-15(9-13(16)17)14(18)12-8-10-6-4-2-3-5-7-11(10)19-12/h8H,2-7,9H2,1H3,(H,16,17). The SMILES string of the molecule is CN(CC(=O)O)C(=O)c1cc2c(s1)CCCCCC2. The number of aryl methyl sites for hydroxylation is 2. The van der Waals surface area contributed by atoms with Crippen molar-refractivity contribution in [1.29, 1.82) is 0 Å². The van der Waals surface area contributed by atoms with Gasteiger partial charge in [0.05, 0.1) is 4.88 Å². The molecule has 0 fully saturated rings. The van der Waals surface area contributed by atoms with Gasteiger partial charge in [-0.25, -0.2) is 0 Å². The van der Waals surface area contributed by atoms with E-state index in [1.165, 1.54) is 59.4 Å². The molecule has 104 valence electrons. The van der Waals surface area contributed by atoms with Crippen LogP contribution in [-0.2, 0) is 17.6 Å². The maximum atomic E-state index is 12.1. The predicted molar refractivity (Wildman–Crippen MR) is 74.8 cm³/mol. The number of hydrogen-bond acceptors (Lipinski definition) is 3. The molecule has 0 unspecified atom stereocenters. The molecule has 1 aromatic rings. The summed E-state index contributed by atoms with van der Waals surface area (Å²) in [5.74, 6) is -1.16. The van der Waals surface area contributed by atoms with Crippen molar-refractivity contribution in [3.63, 3.8) is 0 Å². The van der Waals surface area contributed by atoms with Crippen molar-refractivity contribution in [3.05, 3.63) is 21.4 Å². The number of rotatable bonds is 3. The van der Waals surface area contributed by atoms with Gasteiger partial charge in [-0.05, 0) is 37.3 Å². The van der Waals surface area contributed by atoms with Crippen LogP contribution in [0.5, 0.6) is 0 Å². The molecule has 0 saturated carbocycles. The molecule has 0 aliphatic heterocycles. The number of carboxylic acids is 1. The molecule has 1 aliphatic carbocycles. The van der Waals surface area contributed by atoms with Crippen molar-refractivity contribution in [1.82, 2.24) is 4.90 Å². The summed E-state index contributed by atoms with van der Waals surface area (Å²) < 4.78 is 0. The van der Waals surface area contributed by atoms with E-state index < -0.39 is 5.97 Å². The summed E-state index contributed by atoms with van der Waals surface area (Å²) in [7, 11) is 1.54. The second-order valence-electron chi connectivity index (χ2n) is 5.03. The van der Waals surface area contributed by atoms with E-state index in [0.717, 1.165) is 12.8 Å². The van der Waals surface area contributed by atoms with E-state index in [1.807, 2.05) is 6.07 Å². The highest BCUT2D eigenvalue weighted by molar-refractivity contribution is 7.14. The summed E-state index contributed by atoms with van der Waals surface area (Å²) in [6.45, 7) is -0.249. The number of nitrogens with zero attached hydrogens (tertiary/aromatic N) is 1. The number of aliphatic carboxylic acids is 1. The third kappa shape index (κ3) is 3.56. The molecule has 1 aliphatic rings. The van der Waals surface area contributed by atoms with E-state index in [4.69, 9.17) is 5.11 Å². The van der Waals surface area contributed by atoms with Gasteiger partial charge in [-0.15, -0.1) is 11.3 Å². The molecule has 0 atom stereocenters. The Morgan fingerprint density at radius 1 is 1.26 bits per heavy atom. The average Bonchev–Trinajstić information content (AvgIpc) is 2.70. The second-order valence-corrected chi connectivity index (χ2v) is 6.16. The molecular formula is C14H19NO3S. The summed E-state index contributed by atoms with van der Waals surface area (Å²) in [6, 6.07) is 1.96. The molecule has 19 heavy (non-hydrogen) atoms. The van der Waals surface area contributed by atoms with Crippen LogP contribution in [0.15, 0.2) is 6.07 Å². The van der Waals surface area contributed by atoms with E-state index in [1.54, 1.807) is 0 Å². The van der Waals surface area contributed by atoms with Crippen LogP contribution >= 0.6 is 11.3 Å². The lowest BCUT2D eigenvalue weighted by Gasteiger charge is -2.12. The van der Waals surface area contributed by atoms with Crippen LogP contribution in [0.1, 0.15) is 45.8 Å². The molecule has 0 saturated heterocycles. The molecule has 5 heteroatoms. The highest BCUT2D eigenvalue weighted by atomic mass is 32.1. The van der Waals surface area contributed by atoms with Crippen LogP contribution in [0.3, 0.4) is 0 Å². The third-order valence-corrected chi connectivity index (χ3v) is 4.65. The van der Waals surface area contributed by atoms with E-state index in [9.17, 15) is 9.59 Å². The van der Waals surface area contributed by atoms with Crippen molar-refractivity contribution in [3.8, 4) is 0 Å². The van der Waals surface area contributed by atoms with Crippen molar-refractivity contribution >= 4 is 23.2 Å². The summed E-state index contributed by atoms with van der Waals surface area (Å²) in [6.07, 6.45) is 6.99. The van der Waals surface area contributed by atoms with Gasteiger partial charge in [0.2, 0.25) is 0 Å². The monoisotopic (exact) mass is 281 g/mol. The lowest BCUT2D eigenvalue weighted by Crippen LogP contribution is -2.31. The van der Waals surface area contributed by atoms with Gasteiger partial charge in [0.1, 0.15) is 6.54 Å². The summed E-state index contributed by atoms with van der Waals surface area (Å²) >= 11 is 1.54. The third-order valence-electron chi connectivity index (χ3n) is 3.43. The average molecular weight is 281 g/mol. The fraction of sp³-hybridized carbons (Fsp3) is 0.571. The molecule has 1 aromatic heterocycles. The van der Waals surface area contributed by atoms with Crippen LogP contribution in [0.2, 0.25) is 0 Å². The number of likely N-dealkylation sites (N-methyl/N-ethyl adjacent to an activating group) is 1. The Kier molecular flexibility index (Phi) is 4.58. The number of carbonyl (C=O) groups excluding carboxylic acids is 1. The fourth-order valence-corrected chi connectivity index (χ4v) is 3.66. The zero-order valence-corrected chi connectivity index (χ0v) is 12.0. The Morgan fingerprint density at radius 3 is 2.63 bits per heavy atom. The first kappa shape index (κ1) is 14.1. The topological polar surface area (TPSA) is 57.6 Å². The lowest BCUT2D eigenvalue weighted by atomic mass is 10.00. The second kappa shape index (κ2) is 6.19. The van der Waals surface area contributed by atoms with Gasteiger partial charge in [-0.1, -0.05) is 12.8 Å². The lowest BCUT2D eigenvalue weighted by molar-refractivity contribution is -0.137. The van der Waals surface area contributed by atoms with Gasteiger partial charge in [-0.2, -0.15) is 0 Å². The molecule has 0 spiro atoms. The number of carbonyl (C=O) groups is 2. The van der Waals surface area contributed by atoms with Gasteiger partial charge < -0.3 is 10.0 Å². The smallest absolute Gasteiger partial charge is 0.323 e. The molecule has 2 rings (SSSR count). The van der Waals surface area contributed by atoms with Crippen LogP contribution in [0.4, 0.5) is 0 Å². The highest BCUT2D eigenvalue weighted by Gasteiger charge is 2.19. The van der Waals surface area contributed by atoms with Gasteiger partial charge >= 0.3 is 5.97 Å². The summed E-state index contributed by atoms with van der Waals surface area (Å²) in [5.41, 5.74) is 1.29. The van der Waals surface area contributed by atoms with Crippen LogP contribution in [0, 0.1) is 0 Å². The number of fused-ring (bicyclic) bond motifs is 1. The molecule has 1 N–H and O–H groups in total. The first-order valence-corrected chi connectivity index (χ1v) is 7.48. The minimum atomic E-state index is -0.981. The van der Waals surface area contributed by atoms with Crippen molar-refractivity contribution in [2.75, 3.05) is 13.6 Å². The number of thiophene rings is 1. The Balaban J connectivity index is 2.14. The van der Waals surface area contributed by atoms with E-state index >= 15 is 0 Å². The zero-order chi connectivity index (χ0) is 13.8. The normalized spacial score (nSPS) is 15.2. The molecule has 0 bridgehead atoms. The van der Waals surface area contributed by atoms with Gasteiger partial charge in [0, 0.05) is 11.9 Å². The fourth-order valence-electron chi connectivity index (χ4n) is 2.41. The van der Waals surface area contributed by atoms with E-state index in [2.05, 4.69) is 0 Å². The minimum absolute atomic E-state index is 0.181. The first-order chi connectivity index (χ1) is 9.08. The Morgan fingerprint density at radius 2 is 1.95 bits per heavy atom. The van der Waals surface area contributed by atoms with Crippen molar-refractivity contribution in [2.24, 2.45) is 0 Å². The van der Waals surface area contributed by atoms with E-state index in [-0.39, 0.29) is 12.5 Å². The first-order valence-electron chi connectivity index (χ1n) is 6.67. The Bertz CT molecular complexity index is 456. The predicted octanol–water partition coefficient (Wildman–Crippen LogP) is 2.56. The molecular weight excluding hydrogens is 262 g/mol. The highest BCUT2D eigenvalue weighted by Crippen LogP contribution is 2.29. The molecule has 4 nitrogen and oxygen atoms in total. The van der Waals surface area contributed by atoms with Crippen molar-refractivity contribution in [2.45, 2.75) is 38.5 Å². The maximum absolute atomic E-state index is 12.1. The summed E-state index contributed by atoms with van der Waals surface area (Å²) in [4.78, 5) is 26.0. The maximum Gasteiger partial charge on any atom is 0.323 e.